The molecule has 0 spiro atoms. The lowest BCUT2D eigenvalue weighted by Crippen LogP contribution is -2.32. The molecular formula is C18H21N3O3S. The Morgan fingerprint density at radius 3 is 2.68 bits per heavy atom. The van der Waals surface area contributed by atoms with E-state index in [1.165, 1.54) is 0 Å². The summed E-state index contributed by atoms with van der Waals surface area (Å²) in [5, 5.41) is 3.33. The van der Waals surface area contributed by atoms with Crippen molar-refractivity contribution in [3.63, 3.8) is 0 Å². The Bertz CT molecular complexity index is 814. The first-order chi connectivity index (χ1) is 12.1. The van der Waals surface area contributed by atoms with Gasteiger partial charge in [-0.1, -0.05) is 24.3 Å². The number of rotatable bonds is 5. The lowest BCUT2D eigenvalue weighted by molar-refractivity contribution is 0.104. The van der Waals surface area contributed by atoms with Crippen molar-refractivity contribution in [2.24, 2.45) is 11.8 Å². The van der Waals surface area contributed by atoms with Crippen molar-refractivity contribution in [1.29, 1.82) is 0 Å². The third kappa shape index (κ3) is 3.27. The standard InChI is InChI=1S/C18H21N3O3S/c22-25(23,15-6-2-1-3-7-15)21-11-16-14(13-24-17(16)12-21)10-20-18-8-4-5-9-19-18/h1-9,14,16-17H,10-13H2,(H,19,20)/t14-,16-,17-/m0/s1. The van der Waals surface area contributed by atoms with E-state index in [0.29, 0.717) is 24.6 Å². The second-order valence-corrected chi connectivity index (χ2v) is 8.46. The van der Waals surface area contributed by atoms with Gasteiger partial charge in [0, 0.05) is 37.7 Å². The Kier molecular flexibility index (Phi) is 4.45. The molecule has 2 aliphatic rings. The molecule has 0 aliphatic carbocycles. The van der Waals surface area contributed by atoms with E-state index < -0.39 is 10.0 Å². The lowest BCUT2D eigenvalue weighted by atomic mass is 9.93. The molecule has 2 saturated heterocycles. The van der Waals surface area contributed by atoms with Gasteiger partial charge >= 0.3 is 0 Å². The van der Waals surface area contributed by atoms with E-state index in [9.17, 15) is 8.42 Å². The first kappa shape index (κ1) is 16.5. The number of ether oxygens (including phenoxy) is 1. The molecule has 3 heterocycles. The highest BCUT2D eigenvalue weighted by Gasteiger charge is 2.47. The number of hydrogen-bond donors (Lipinski definition) is 1. The van der Waals surface area contributed by atoms with Crippen molar-refractivity contribution >= 4 is 15.8 Å². The van der Waals surface area contributed by atoms with Crippen LogP contribution < -0.4 is 5.32 Å². The Hall–Kier alpha value is -1.96. The van der Waals surface area contributed by atoms with Crippen LogP contribution in [0.5, 0.6) is 0 Å². The lowest BCUT2D eigenvalue weighted by Gasteiger charge is -2.20. The van der Waals surface area contributed by atoms with E-state index in [-0.39, 0.29) is 17.9 Å². The Labute approximate surface area is 147 Å². The van der Waals surface area contributed by atoms with Gasteiger partial charge in [-0.25, -0.2) is 13.4 Å². The fourth-order valence-corrected chi connectivity index (χ4v) is 5.12. The molecule has 7 heteroatoms. The van der Waals surface area contributed by atoms with Gasteiger partial charge in [0.25, 0.3) is 0 Å². The molecule has 25 heavy (non-hydrogen) atoms. The molecule has 0 saturated carbocycles. The molecular weight excluding hydrogens is 338 g/mol. The molecule has 4 rings (SSSR count). The van der Waals surface area contributed by atoms with E-state index in [1.807, 2.05) is 24.3 Å². The molecule has 0 bridgehead atoms. The highest BCUT2D eigenvalue weighted by molar-refractivity contribution is 7.89. The number of aromatic nitrogens is 1. The van der Waals surface area contributed by atoms with Gasteiger partial charge in [0.2, 0.25) is 10.0 Å². The van der Waals surface area contributed by atoms with E-state index >= 15 is 0 Å². The van der Waals surface area contributed by atoms with Gasteiger partial charge in [-0.05, 0) is 24.3 Å². The topological polar surface area (TPSA) is 71.5 Å². The highest BCUT2D eigenvalue weighted by atomic mass is 32.2. The molecule has 2 aliphatic heterocycles. The molecule has 0 unspecified atom stereocenters. The van der Waals surface area contributed by atoms with Gasteiger partial charge in [-0.2, -0.15) is 4.31 Å². The molecule has 132 valence electrons. The second-order valence-electron chi connectivity index (χ2n) is 6.53. The molecule has 0 amide bonds. The maximum atomic E-state index is 12.8. The van der Waals surface area contributed by atoms with Crippen LogP contribution in [0.3, 0.4) is 0 Å². The van der Waals surface area contributed by atoms with Crippen molar-refractivity contribution < 1.29 is 13.2 Å². The SMILES string of the molecule is O=S(=O)(c1ccccc1)N1C[C@H]2[C@@H](CNc3ccccn3)CO[C@H]2C1. The zero-order chi connectivity index (χ0) is 17.3. The summed E-state index contributed by atoms with van der Waals surface area (Å²) in [6, 6.07) is 14.3. The number of sulfonamides is 1. The van der Waals surface area contributed by atoms with E-state index in [2.05, 4.69) is 10.3 Å². The van der Waals surface area contributed by atoms with Crippen LogP contribution in [0.15, 0.2) is 59.6 Å². The predicted octanol–water partition coefficient (Wildman–Crippen LogP) is 1.83. The summed E-state index contributed by atoms with van der Waals surface area (Å²) in [4.78, 5) is 4.61. The van der Waals surface area contributed by atoms with Gasteiger partial charge in [-0.15, -0.1) is 0 Å². The molecule has 1 aromatic carbocycles. The van der Waals surface area contributed by atoms with Crippen molar-refractivity contribution in [3.8, 4) is 0 Å². The number of hydrogen-bond acceptors (Lipinski definition) is 5. The van der Waals surface area contributed by atoms with Crippen molar-refractivity contribution in [2.75, 3.05) is 31.6 Å². The van der Waals surface area contributed by atoms with Crippen LogP contribution in [0.25, 0.3) is 0 Å². The maximum absolute atomic E-state index is 12.8. The van der Waals surface area contributed by atoms with Gasteiger partial charge in [0.05, 0.1) is 17.6 Å². The minimum Gasteiger partial charge on any atom is -0.376 e. The normalized spacial score (nSPS) is 26.5. The summed E-state index contributed by atoms with van der Waals surface area (Å²) in [7, 11) is -3.45. The number of fused-ring (bicyclic) bond motifs is 1. The Balaban J connectivity index is 1.43. The van der Waals surface area contributed by atoms with Gasteiger partial charge in [-0.3, -0.25) is 0 Å². The summed E-state index contributed by atoms with van der Waals surface area (Å²) >= 11 is 0. The molecule has 2 fully saturated rings. The quantitative estimate of drug-likeness (QED) is 0.882. The van der Waals surface area contributed by atoms with Crippen molar-refractivity contribution in [2.45, 2.75) is 11.0 Å². The summed E-state index contributed by atoms with van der Waals surface area (Å²) in [5.74, 6) is 1.33. The monoisotopic (exact) mass is 359 g/mol. The first-order valence-corrected chi connectivity index (χ1v) is 9.90. The molecule has 1 aromatic heterocycles. The van der Waals surface area contributed by atoms with E-state index in [0.717, 1.165) is 12.4 Å². The van der Waals surface area contributed by atoms with E-state index in [4.69, 9.17) is 4.74 Å². The average Bonchev–Trinajstić information content (AvgIpc) is 3.23. The molecule has 6 nitrogen and oxygen atoms in total. The van der Waals surface area contributed by atoms with Crippen molar-refractivity contribution in [3.05, 3.63) is 54.7 Å². The summed E-state index contributed by atoms with van der Waals surface area (Å²) in [6.07, 6.45) is 1.73. The maximum Gasteiger partial charge on any atom is 0.243 e. The highest BCUT2D eigenvalue weighted by Crippen LogP contribution is 2.36. The average molecular weight is 359 g/mol. The molecule has 1 N–H and O–H groups in total. The summed E-state index contributed by atoms with van der Waals surface area (Å²) in [5.41, 5.74) is 0. The van der Waals surface area contributed by atoms with Crippen LogP contribution >= 0.6 is 0 Å². The number of anilines is 1. The fourth-order valence-electron chi connectivity index (χ4n) is 3.61. The van der Waals surface area contributed by atoms with Gasteiger partial charge < -0.3 is 10.1 Å². The number of benzene rings is 1. The third-order valence-corrected chi connectivity index (χ3v) is 6.84. The third-order valence-electron chi connectivity index (χ3n) is 5.00. The second kappa shape index (κ2) is 6.74. The minimum absolute atomic E-state index is 0.0194. The smallest absolute Gasteiger partial charge is 0.243 e. The van der Waals surface area contributed by atoms with E-state index in [1.54, 1.807) is 34.8 Å². The molecule has 3 atom stereocenters. The Morgan fingerprint density at radius 2 is 1.92 bits per heavy atom. The number of nitrogens with one attached hydrogen (secondary N) is 1. The van der Waals surface area contributed by atoms with Crippen molar-refractivity contribution in [1.82, 2.24) is 9.29 Å². The predicted molar refractivity (Wildman–Crippen MR) is 94.6 cm³/mol. The zero-order valence-electron chi connectivity index (χ0n) is 13.8. The van der Waals surface area contributed by atoms with Crippen LogP contribution in [-0.2, 0) is 14.8 Å². The largest absolute Gasteiger partial charge is 0.376 e. The zero-order valence-corrected chi connectivity index (χ0v) is 14.6. The number of pyridine rings is 1. The van der Waals surface area contributed by atoms with Crippen LogP contribution in [-0.4, -0.2) is 50.1 Å². The fraction of sp³-hybridized carbons (Fsp3) is 0.389. The molecule has 2 aromatic rings. The first-order valence-electron chi connectivity index (χ1n) is 8.46. The minimum atomic E-state index is -3.45. The van der Waals surface area contributed by atoms with Crippen LogP contribution in [0.2, 0.25) is 0 Å². The van der Waals surface area contributed by atoms with Gasteiger partial charge in [0.15, 0.2) is 0 Å². The van der Waals surface area contributed by atoms with Gasteiger partial charge in [0.1, 0.15) is 5.82 Å². The van der Waals surface area contributed by atoms with Crippen LogP contribution in [0.1, 0.15) is 0 Å². The molecule has 0 radical (unpaired) electrons. The van der Waals surface area contributed by atoms with Crippen LogP contribution in [0.4, 0.5) is 5.82 Å². The number of nitrogens with zero attached hydrogens (tertiary/aromatic N) is 2. The van der Waals surface area contributed by atoms with Crippen LogP contribution in [0, 0.1) is 11.8 Å². The summed E-state index contributed by atoms with van der Waals surface area (Å²) in [6.45, 7) is 2.34. The summed E-state index contributed by atoms with van der Waals surface area (Å²) < 4.78 is 33.0. The Morgan fingerprint density at radius 1 is 1.12 bits per heavy atom.